The van der Waals surface area contributed by atoms with E-state index in [2.05, 4.69) is 204 Å². The molecule has 10 aromatic rings. The van der Waals surface area contributed by atoms with E-state index < -0.39 is 0 Å². The van der Waals surface area contributed by atoms with E-state index in [0.29, 0.717) is 0 Å². The summed E-state index contributed by atoms with van der Waals surface area (Å²) >= 11 is 1.86. The number of thiophene rings is 1. The highest BCUT2D eigenvalue weighted by Crippen LogP contribution is 2.42. The van der Waals surface area contributed by atoms with Crippen molar-refractivity contribution in [3.63, 3.8) is 0 Å². The molecule has 0 aliphatic carbocycles. The van der Waals surface area contributed by atoms with Crippen LogP contribution in [-0.2, 0) is 0 Å². The van der Waals surface area contributed by atoms with Gasteiger partial charge in [-0.05, 0) is 95.1 Å². The standard InChI is InChI=1S/C48H32N2S/c1-3-12-33(13-4-1)34-22-25-38(26-23-34)49(40-27-28-43-42-19-8-10-21-47(42)51-48(43)32-40)39-17-11-14-35(30-39)36-24-29-46-44(31-36)41-18-7-9-20-45(41)50(46)37-15-5-2-6-16-37/h1-32H. The molecule has 51 heavy (non-hydrogen) atoms. The molecule has 3 heteroatoms. The fraction of sp³-hybridized carbons (Fsp3) is 0. The Morgan fingerprint density at radius 1 is 0.333 bits per heavy atom. The van der Waals surface area contributed by atoms with Gasteiger partial charge in [0.15, 0.2) is 0 Å². The van der Waals surface area contributed by atoms with Crippen molar-refractivity contribution in [3.8, 4) is 27.9 Å². The molecule has 0 spiro atoms. The summed E-state index contributed by atoms with van der Waals surface area (Å²) in [6, 6.07) is 70.4. The lowest BCUT2D eigenvalue weighted by molar-refractivity contribution is 1.18. The van der Waals surface area contributed by atoms with E-state index in [4.69, 9.17) is 0 Å². The number of hydrogen-bond donors (Lipinski definition) is 0. The predicted octanol–water partition coefficient (Wildman–Crippen LogP) is 14.0. The van der Waals surface area contributed by atoms with Crippen LogP contribution < -0.4 is 4.90 Å². The number of benzene rings is 8. The van der Waals surface area contributed by atoms with Crippen LogP contribution in [0, 0.1) is 0 Å². The number of hydrogen-bond acceptors (Lipinski definition) is 2. The van der Waals surface area contributed by atoms with Gasteiger partial charge in [-0.2, -0.15) is 0 Å². The molecule has 0 aliphatic heterocycles. The first-order valence-corrected chi connectivity index (χ1v) is 18.2. The molecule has 0 aliphatic rings. The molecule has 0 N–H and O–H groups in total. The van der Waals surface area contributed by atoms with Crippen molar-refractivity contribution in [1.82, 2.24) is 4.57 Å². The molecule has 0 unspecified atom stereocenters. The van der Waals surface area contributed by atoms with Gasteiger partial charge >= 0.3 is 0 Å². The van der Waals surface area contributed by atoms with Crippen LogP contribution in [0.3, 0.4) is 0 Å². The lowest BCUT2D eigenvalue weighted by Gasteiger charge is -2.26. The van der Waals surface area contributed by atoms with Crippen molar-refractivity contribution >= 4 is 70.4 Å². The van der Waals surface area contributed by atoms with Gasteiger partial charge < -0.3 is 9.47 Å². The van der Waals surface area contributed by atoms with E-state index in [1.807, 2.05) is 11.3 Å². The first kappa shape index (κ1) is 29.5. The number of rotatable bonds is 6. The molecule has 2 aromatic heterocycles. The van der Waals surface area contributed by atoms with Gasteiger partial charge in [0.05, 0.1) is 11.0 Å². The van der Waals surface area contributed by atoms with Gasteiger partial charge in [-0.15, -0.1) is 11.3 Å². The van der Waals surface area contributed by atoms with Crippen LogP contribution in [0.25, 0.3) is 69.9 Å². The van der Waals surface area contributed by atoms with E-state index in [1.54, 1.807) is 0 Å². The first-order chi connectivity index (χ1) is 25.3. The average Bonchev–Trinajstić information content (AvgIpc) is 3.74. The molecule has 8 aromatic carbocycles. The molecular weight excluding hydrogens is 637 g/mol. The third-order valence-electron chi connectivity index (χ3n) is 9.98. The topological polar surface area (TPSA) is 8.17 Å². The quantitative estimate of drug-likeness (QED) is 0.171. The maximum atomic E-state index is 2.39. The molecule has 10 rings (SSSR count). The molecule has 2 nitrogen and oxygen atoms in total. The molecule has 240 valence electrons. The van der Waals surface area contributed by atoms with Crippen molar-refractivity contribution in [2.75, 3.05) is 4.90 Å². The van der Waals surface area contributed by atoms with Gasteiger partial charge in [-0.3, -0.25) is 0 Å². The zero-order valence-electron chi connectivity index (χ0n) is 27.8. The van der Waals surface area contributed by atoms with Crippen LogP contribution in [0.1, 0.15) is 0 Å². The van der Waals surface area contributed by atoms with Crippen molar-refractivity contribution < 1.29 is 0 Å². The second-order valence-electron chi connectivity index (χ2n) is 13.0. The smallest absolute Gasteiger partial charge is 0.0541 e. The van der Waals surface area contributed by atoms with Crippen LogP contribution in [0.15, 0.2) is 194 Å². The van der Waals surface area contributed by atoms with Crippen molar-refractivity contribution in [2.45, 2.75) is 0 Å². The van der Waals surface area contributed by atoms with Gasteiger partial charge in [0.1, 0.15) is 0 Å². The average molecular weight is 669 g/mol. The Bertz CT molecular complexity index is 2850. The second kappa shape index (κ2) is 12.2. The maximum absolute atomic E-state index is 2.39. The Morgan fingerprint density at radius 3 is 1.76 bits per heavy atom. The molecule has 0 atom stereocenters. The normalized spacial score (nSPS) is 11.5. The Hall–Kier alpha value is -6.42. The van der Waals surface area contributed by atoms with Crippen LogP contribution in [0.2, 0.25) is 0 Å². The van der Waals surface area contributed by atoms with Crippen molar-refractivity contribution in [3.05, 3.63) is 194 Å². The van der Waals surface area contributed by atoms with Crippen LogP contribution in [0.5, 0.6) is 0 Å². The van der Waals surface area contributed by atoms with E-state index >= 15 is 0 Å². The summed E-state index contributed by atoms with van der Waals surface area (Å²) in [5, 5.41) is 5.12. The molecule has 0 saturated carbocycles. The summed E-state index contributed by atoms with van der Waals surface area (Å²) in [5.41, 5.74) is 11.8. The number of para-hydroxylation sites is 2. The van der Waals surface area contributed by atoms with Crippen molar-refractivity contribution in [1.29, 1.82) is 0 Å². The minimum Gasteiger partial charge on any atom is -0.310 e. The SMILES string of the molecule is c1ccc(-c2ccc(N(c3cccc(-c4ccc5c(c4)c4ccccc4n5-c4ccccc4)c3)c3ccc4c(c3)sc3ccccc34)cc2)cc1. The third-order valence-corrected chi connectivity index (χ3v) is 11.1. The lowest BCUT2D eigenvalue weighted by atomic mass is 10.0. The molecule has 0 bridgehead atoms. The third kappa shape index (κ3) is 5.10. The lowest BCUT2D eigenvalue weighted by Crippen LogP contribution is -2.09. The van der Waals surface area contributed by atoms with Crippen LogP contribution in [0.4, 0.5) is 17.1 Å². The summed E-state index contributed by atoms with van der Waals surface area (Å²) in [6.45, 7) is 0. The highest BCUT2D eigenvalue weighted by atomic mass is 32.1. The molecule has 0 saturated heterocycles. The maximum Gasteiger partial charge on any atom is 0.0541 e. The zero-order chi connectivity index (χ0) is 33.7. The van der Waals surface area contributed by atoms with E-state index in [0.717, 1.165) is 17.1 Å². The number of fused-ring (bicyclic) bond motifs is 6. The fourth-order valence-electron chi connectivity index (χ4n) is 7.57. The van der Waals surface area contributed by atoms with Gasteiger partial charge in [0.25, 0.3) is 0 Å². The van der Waals surface area contributed by atoms with Gasteiger partial charge in [0, 0.05) is 53.7 Å². The summed E-state index contributed by atoms with van der Waals surface area (Å²) in [6.07, 6.45) is 0. The predicted molar refractivity (Wildman–Crippen MR) is 219 cm³/mol. The molecular formula is C48H32N2S. The van der Waals surface area contributed by atoms with Gasteiger partial charge in [-0.1, -0.05) is 121 Å². The summed E-state index contributed by atoms with van der Waals surface area (Å²) in [5.74, 6) is 0. The van der Waals surface area contributed by atoms with E-state index in [9.17, 15) is 0 Å². The largest absolute Gasteiger partial charge is 0.310 e. The summed E-state index contributed by atoms with van der Waals surface area (Å²) in [4.78, 5) is 2.39. The van der Waals surface area contributed by atoms with Crippen LogP contribution in [-0.4, -0.2) is 4.57 Å². The molecule has 0 amide bonds. The van der Waals surface area contributed by atoms with Gasteiger partial charge in [0.2, 0.25) is 0 Å². The highest BCUT2D eigenvalue weighted by Gasteiger charge is 2.17. The Labute approximate surface area is 300 Å². The van der Waals surface area contributed by atoms with E-state index in [1.165, 1.54) is 69.9 Å². The zero-order valence-corrected chi connectivity index (χ0v) is 28.6. The molecule has 0 radical (unpaired) electrons. The molecule has 0 fully saturated rings. The second-order valence-corrected chi connectivity index (χ2v) is 14.1. The Morgan fingerprint density at radius 2 is 0.922 bits per heavy atom. The minimum absolute atomic E-state index is 1.12. The number of aromatic nitrogens is 1. The highest BCUT2D eigenvalue weighted by molar-refractivity contribution is 7.25. The van der Waals surface area contributed by atoms with E-state index in [-0.39, 0.29) is 0 Å². The van der Waals surface area contributed by atoms with Crippen molar-refractivity contribution in [2.24, 2.45) is 0 Å². The van der Waals surface area contributed by atoms with Gasteiger partial charge in [-0.25, -0.2) is 0 Å². The summed E-state index contributed by atoms with van der Waals surface area (Å²) < 4.78 is 4.97. The number of anilines is 3. The Balaban J connectivity index is 1.12. The Kier molecular flexibility index (Phi) is 7.04. The summed E-state index contributed by atoms with van der Waals surface area (Å²) in [7, 11) is 0. The minimum atomic E-state index is 1.12. The monoisotopic (exact) mass is 668 g/mol. The molecule has 2 heterocycles. The fourth-order valence-corrected chi connectivity index (χ4v) is 8.71. The number of nitrogens with zero attached hydrogens (tertiary/aromatic N) is 2. The first-order valence-electron chi connectivity index (χ1n) is 17.3. The van der Waals surface area contributed by atoms with Crippen LogP contribution >= 0.6 is 11.3 Å².